The third kappa shape index (κ3) is 3.26. The molecule has 6 nitrogen and oxygen atoms in total. The van der Waals surface area contributed by atoms with Crippen molar-refractivity contribution in [3.05, 3.63) is 48.5 Å². The predicted molar refractivity (Wildman–Crippen MR) is 82.9 cm³/mol. The third-order valence-electron chi connectivity index (χ3n) is 3.39. The fourth-order valence-electron chi connectivity index (χ4n) is 2.26. The van der Waals surface area contributed by atoms with Gasteiger partial charge in [0.1, 0.15) is 23.8 Å². The number of para-hydroxylation sites is 2. The van der Waals surface area contributed by atoms with Gasteiger partial charge < -0.3 is 14.2 Å². The number of hydrogen-bond donors (Lipinski definition) is 0. The molecule has 0 bridgehead atoms. The van der Waals surface area contributed by atoms with E-state index in [4.69, 9.17) is 14.2 Å². The molecule has 0 radical (unpaired) electrons. The van der Waals surface area contributed by atoms with Crippen molar-refractivity contribution in [3.8, 4) is 17.2 Å². The van der Waals surface area contributed by atoms with Crippen molar-refractivity contribution < 1.29 is 23.8 Å². The van der Waals surface area contributed by atoms with Crippen LogP contribution in [-0.2, 0) is 9.59 Å². The summed E-state index contributed by atoms with van der Waals surface area (Å²) >= 11 is 0. The molecule has 0 spiro atoms. The van der Waals surface area contributed by atoms with E-state index >= 15 is 0 Å². The molecule has 1 heterocycles. The molecular weight excluding hydrogens is 298 g/mol. The van der Waals surface area contributed by atoms with Crippen molar-refractivity contribution >= 4 is 17.6 Å². The number of amides is 1. The third-order valence-corrected chi connectivity index (χ3v) is 3.39. The molecule has 0 atom stereocenters. The Kier molecular flexibility index (Phi) is 4.14. The van der Waals surface area contributed by atoms with Crippen LogP contribution in [-0.4, -0.2) is 32.1 Å². The van der Waals surface area contributed by atoms with Crippen LogP contribution >= 0.6 is 0 Å². The van der Waals surface area contributed by atoms with Crippen molar-refractivity contribution in [2.24, 2.45) is 0 Å². The molecule has 0 N–H and O–H groups in total. The number of methoxy groups -OCH3 is 1. The minimum absolute atomic E-state index is 0.0904. The van der Waals surface area contributed by atoms with Crippen LogP contribution < -0.4 is 19.1 Å². The lowest BCUT2D eigenvalue weighted by Crippen LogP contribution is -2.43. The van der Waals surface area contributed by atoms with E-state index in [9.17, 15) is 9.59 Å². The van der Waals surface area contributed by atoms with Crippen molar-refractivity contribution in [1.82, 2.24) is 0 Å². The molecule has 0 aliphatic carbocycles. The van der Waals surface area contributed by atoms with Crippen LogP contribution in [0.15, 0.2) is 48.5 Å². The van der Waals surface area contributed by atoms with Crippen molar-refractivity contribution in [2.75, 3.05) is 25.2 Å². The maximum atomic E-state index is 12.1. The average molecular weight is 313 g/mol. The van der Waals surface area contributed by atoms with Gasteiger partial charge in [-0.3, -0.25) is 9.69 Å². The first-order chi connectivity index (χ1) is 11.2. The van der Waals surface area contributed by atoms with E-state index in [1.54, 1.807) is 49.6 Å². The number of rotatable bonds is 4. The summed E-state index contributed by atoms with van der Waals surface area (Å²) in [5, 5.41) is 0. The highest BCUT2D eigenvalue weighted by Gasteiger charge is 2.27. The first-order valence-corrected chi connectivity index (χ1v) is 7.04. The lowest BCUT2D eigenvalue weighted by molar-refractivity contribution is -0.134. The van der Waals surface area contributed by atoms with Gasteiger partial charge in [-0.2, -0.15) is 0 Å². The summed E-state index contributed by atoms with van der Waals surface area (Å²) in [6.45, 7) is -0.266. The van der Waals surface area contributed by atoms with Crippen LogP contribution in [0.25, 0.3) is 0 Å². The Labute approximate surface area is 133 Å². The summed E-state index contributed by atoms with van der Waals surface area (Å²) in [5.74, 6) is 0.826. The van der Waals surface area contributed by atoms with Gasteiger partial charge in [-0.05, 0) is 36.4 Å². The van der Waals surface area contributed by atoms with Gasteiger partial charge in [-0.1, -0.05) is 12.1 Å². The zero-order valence-corrected chi connectivity index (χ0v) is 12.5. The fraction of sp³-hybridized carbons (Fsp3) is 0.176. The molecule has 3 rings (SSSR count). The van der Waals surface area contributed by atoms with E-state index in [1.807, 2.05) is 6.07 Å². The van der Waals surface area contributed by atoms with Crippen LogP contribution in [0.1, 0.15) is 0 Å². The smallest absolute Gasteiger partial charge is 0.331 e. The highest BCUT2D eigenvalue weighted by molar-refractivity contribution is 6.01. The number of anilines is 1. The summed E-state index contributed by atoms with van der Waals surface area (Å²) in [7, 11) is 1.56. The minimum Gasteiger partial charge on any atom is -0.497 e. The molecule has 2 aromatic rings. The van der Waals surface area contributed by atoms with Crippen LogP contribution in [0.3, 0.4) is 0 Å². The molecular formula is C17H15NO5. The van der Waals surface area contributed by atoms with Gasteiger partial charge in [0.2, 0.25) is 0 Å². The summed E-state index contributed by atoms with van der Waals surface area (Å²) in [5.41, 5.74) is 0.565. The maximum Gasteiger partial charge on any atom is 0.331 e. The Hall–Kier alpha value is -3.02. The predicted octanol–water partition coefficient (Wildman–Crippen LogP) is 2.03. The lowest BCUT2D eigenvalue weighted by Gasteiger charge is -2.28. The zero-order valence-electron chi connectivity index (χ0n) is 12.5. The number of benzene rings is 2. The molecule has 0 saturated heterocycles. The van der Waals surface area contributed by atoms with E-state index in [1.165, 1.54) is 4.90 Å². The summed E-state index contributed by atoms with van der Waals surface area (Å²) in [6, 6.07) is 13.7. The van der Waals surface area contributed by atoms with E-state index in [2.05, 4.69) is 0 Å². The van der Waals surface area contributed by atoms with E-state index in [-0.39, 0.29) is 19.1 Å². The van der Waals surface area contributed by atoms with Crippen LogP contribution in [0, 0.1) is 0 Å². The van der Waals surface area contributed by atoms with Crippen LogP contribution in [0.2, 0.25) is 0 Å². The quantitative estimate of drug-likeness (QED) is 0.638. The van der Waals surface area contributed by atoms with E-state index in [0.29, 0.717) is 22.9 Å². The number of esters is 1. The molecule has 1 aliphatic rings. The fourth-order valence-corrected chi connectivity index (χ4v) is 2.26. The Morgan fingerprint density at radius 3 is 2.57 bits per heavy atom. The van der Waals surface area contributed by atoms with Crippen molar-refractivity contribution in [1.29, 1.82) is 0 Å². The molecule has 0 saturated carbocycles. The van der Waals surface area contributed by atoms with Gasteiger partial charge in [0.15, 0.2) is 6.61 Å². The second-order valence-corrected chi connectivity index (χ2v) is 4.89. The Balaban J connectivity index is 1.71. The number of ether oxygens (including phenoxy) is 3. The molecule has 1 amide bonds. The second kappa shape index (κ2) is 6.39. The molecule has 0 unspecified atom stereocenters. The van der Waals surface area contributed by atoms with Gasteiger partial charge in [0, 0.05) is 0 Å². The monoisotopic (exact) mass is 313 g/mol. The highest BCUT2D eigenvalue weighted by Crippen LogP contribution is 2.31. The first kappa shape index (κ1) is 14.9. The summed E-state index contributed by atoms with van der Waals surface area (Å²) in [6.07, 6.45) is 0. The first-order valence-electron chi connectivity index (χ1n) is 7.04. The van der Waals surface area contributed by atoms with E-state index < -0.39 is 5.97 Å². The lowest BCUT2D eigenvalue weighted by atomic mass is 10.2. The standard InChI is InChI=1S/C17H15NO5/c1-21-12-6-8-13(9-7-12)23-17(20)10-18-14-4-2-3-5-15(14)22-11-16(18)19/h2-9H,10-11H2,1H3. The van der Waals surface area contributed by atoms with Crippen LogP contribution in [0.4, 0.5) is 5.69 Å². The topological polar surface area (TPSA) is 65.1 Å². The maximum absolute atomic E-state index is 12.1. The number of carbonyl (C=O) groups excluding carboxylic acids is 2. The van der Waals surface area contributed by atoms with Crippen LogP contribution in [0.5, 0.6) is 17.2 Å². The van der Waals surface area contributed by atoms with Gasteiger partial charge >= 0.3 is 5.97 Å². The van der Waals surface area contributed by atoms with Crippen molar-refractivity contribution in [3.63, 3.8) is 0 Å². The molecule has 1 aliphatic heterocycles. The Morgan fingerprint density at radius 2 is 1.83 bits per heavy atom. The Morgan fingerprint density at radius 1 is 1.13 bits per heavy atom. The zero-order chi connectivity index (χ0) is 16.2. The summed E-state index contributed by atoms with van der Waals surface area (Å²) < 4.78 is 15.6. The number of fused-ring (bicyclic) bond motifs is 1. The highest BCUT2D eigenvalue weighted by atomic mass is 16.5. The van der Waals surface area contributed by atoms with Gasteiger partial charge in [0.05, 0.1) is 12.8 Å². The number of carbonyl (C=O) groups is 2. The minimum atomic E-state index is -0.528. The van der Waals surface area contributed by atoms with Crippen molar-refractivity contribution in [2.45, 2.75) is 0 Å². The number of hydrogen-bond acceptors (Lipinski definition) is 5. The molecule has 118 valence electrons. The molecule has 23 heavy (non-hydrogen) atoms. The molecule has 0 fully saturated rings. The molecule has 0 aromatic heterocycles. The second-order valence-electron chi connectivity index (χ2n) is 4.89. The summed E-state index contributed by atoms with van der Waals surface area (Å²) in [4.78, 5) is 25.5. The Bertz CT molecular complexity index is 726. The van der Waals surface area contributed by atoms with Gasteiger partial charge in [-0.15, -0.1) is 0 Å². The number of nitrogens with zero attached hydrogens (tertiary/aromatic N) is 1. The molecule has 2 aromatic carbocycles. The largest absolute Gasteiger partial charge is 0.497 e. The van der Waals surface area contributed by atoms with Gasteiger partial charge in [-0.25, -0.2) is 4.79 Å². The van der Waals surface area contributed by atoms with Gasteiger partial charge in [0.25, 0.3) is 5.91 Å². The molecule has 6 heteroatoms. The van der Waals surface area contributed by atoms with E-state index in [0.717, 1.165) is 0 Å². The SMILES string of the molecule is COc1ccc(OC(=O)CN2C(=O)COc3ccccc32)cc1. The normalized spacial score (nSPS) is 13.1. The average Bonchev–Trinajstić information content (AvgIpc) is 2.58.